The molecule has 2 amide bonds. The maximum atomic E-state index is 12.7. The molecule has 0 aromatic heterocycles. The van der Waals surface area contributed by atoms with Crippen molar-refractivity contribution in [1.82, 2.24) is 20.0 Å². The number of likely N-dealkylation sites (tertiary alicyclic amines) is 1. The van der Waals surface area contributed by atoms with Crippen LogP contribution < -0.4 is 15.8 Å². The highest BCUT2D eigenvalue weighted by atomic mass is 127. The summed E-state index contributed by atoms with van der Waals surface area (Å²) in [6.45, 7) is 6.13. The zero-order valence-electron chi connectivity index (χ0n) is 19.5. The summed E-state index contributed by atoms with van der Waals surface area (Å²) < 4.78 is 5.37. The first-order valence-corrected chi connectivity index (χ1v) is 11.5. The third kappa shape index (κ3) is 9.00. The highest BCUT2D eigenvalue weighted by Gasteiger charge is 2.23. The smallest absolute Gasteiger partial charge is 0.255 e. The number of ether oxygens (including phenoxy) is 1. The molecule has 0 radical (unpaired) electrons. The quantitative estimate of drug-likeness (QED) is 0.290. The molecule has 0 saturated carbocycles. The van der Waals surface area contributed by atoms with Crippen molar-refractivity contribution in [3.63, 3.8) is 0 Å². The monoisotopic (exact) mass is 572 g/mol. The molecule has 9 nitrogen and oxygen atoms in total. The largest absolute Gasteiger partial charge is 0.484 e. The lowest BCUT2D eigenvalue weighted by Crippen LogP contribution is -2.54. The minimum Gasteiger partial charge on any atom is -0.484 e. The van der Waals surface area contributed by atoms with Gasteiger partial charge in [0.05, 0.1) is 6.54 Å². The third-order valence-corrected chi connectivity index (χ3v) is 5.93. The number of aliphatic imine (C=N–C) groups is 1. The van der Waals surface area contributed by atoms with Crippen LogP contribution >= 0.6 is 24.0 Å². The fraction of sp³-hybridized carbons (Fsp3) is 0.609. The van der Waals surface area contributed by atoms with E-state index in [1.165, 1.54) is 12.8 Å². The van der Waals surface area contributed by atoms with Crippen LogP contribution in [0.3, 0.4) is 0 Å². The Hall–Kier alpha value is -2.08. The fourth-order valence-corrected chi connectivity index (χ4v) is 4.14. The molecule has 2 saturated heterocycles. The molecular weight excluding hydrogens is 535 g/mol. The summed E-state index contributed by atoms with van der Waals surface area (Å²) in [5, 5.41) is 3.40. The maximum absolute atomic E-state index is 12.7. The Morgan fingerprint density at radius 2 is 1.73 bits per heavy atom. The summed E-state index contributed by atoms with van der Waals surface area (Å²) in [5.74, 6) is 1.22. The van der Waals surface area contributed by atoms with Crippen LogP contribution in [0.25, 0.3) is 0 Å². The average molecular weight is 572 g/mol. The van der Waals surface area contributed by atoms with Crippen molar-refractivity contribution in [2.45, 2.75) is 32.2 Å². The molecule has 184 valence electrons. The van der Waals surface area contributed by atoms with Crippen LogP contribution in [0.4, 0.5) is 0 Å². The van der Waals surface area contributed by atoms with Crippen LogP contribution in [-0.4, -0.2) is 91.9 Å². The summed E-state index contributed by atoms with van der Waals surface area (Å²) in [6.07, 6.45) is 4.72. The van der Waals surface area contributed by atoms with E-state index < -0.39 is 5.91 Å². The number of primary amides is 1. The van der Waals surface area contributed by atoms with Gasteiger partial charge in [-0.05, 0) is 30.5 Å². The van der Waals surface area contributed by atoms with Gasteiger partial charge in [-0.15, -0.1) is 24.0 Å². The van der Waals surface area contributed by atoms with Crippen molar-refractivity contribution < 1.29 is 14.3 Å². The van der Waals surface area contributed by atoms with E-state index in [2.05, 4.69) is 20.1 Å². The zero-order valence-corrected chi connectivity index (χ0v) is 21.8. The van der Waals surface area contributed by atoms with Crippen LogP contribution in [0.2, 0.25) is 0 Å². The molecule has 33 heavy (non-hydrogen) atoms. The van der Waals surface area contributed by atoms with Gasteiger partial charge in [0.2, 0.25) is 5.91 Å². The van der Waals surface area contributed by atoms with Gasteiger partial charge in [-0.1, -0.05) is 25.0 Å². The van der Waals surface area contributed by atoms with Gasteiger partial charge in [-0.25, -0.2) is 0 Å². The van der Waals surface area contributed by atoms with E-state index in [1.807, 2.05) is 23.1 Å². The number of hydrogen-bond donors (Lipinski definition) is 2. The predicted octanol–water partition coefficient (Wildman–Crippen LogP) is 1.26. The standard InChI is InChI=1S/C23H36N6O3.HI/c1-25-23(26-16-19-7-6-8-20(15-19)32-18-21(24)30)29-13-11-27(12-14-29)17-22(31)28-9-4-2-3-5-10-28;/h6-8,15H,2-5,9-14,16-18H2,1H3,(H2,24,30)(H,25,26);1H. The normalized spacial score (nSPS) is 17.7. The van der Waals surface area contributed by atoms with E-state index in [-0.39, 0.29) is 36.5 Å². The number of guanidine groups is 1. The van der Waals surface area contributed by atoms with Crippen LogP contribution in [0.1, 0.15) is 31.2 Å². The number of benzene rings is 1. The SMILES string of the molecule is CN=C(NCc1cccc(OCC(N)=O)c1)N1CCN(CC(=O)N2CCCCCC2)CC1.I. The summed E-state index contributed by atoms with van der Waals surface area (Å²) in [5.41, 5.74) is 6.16. The van der Waals surface area contributed by atoms with E-state index in [0.717, 1.165) is 63.6 Å². The van der Waals surface area contributed by atoms with Crippen LogP contribution in [0, 0.1) is 0 Å². The van der Waals surface area contributed by atoms with Gasteiger partial charge < -0.3 is 25.6 Å². The Balaban J connectivity index is 0.00000385. The molecular formula is C23H37IN6O3. The number of nitrogens with two attached hydrogens (primary N) is 1. The number of piperazine rings is 1. The highest BCUT2D eigenvalue weighted by Crippen LogP contribution is 2.14. The topological polar surface area (TPSA) is 103 Å². The van der Waals surface area contributed by atoms with Gasteiger partial charge in [0.15, 0.2) is 12.6 Å². The molecule has 3 N–H and O–H groups in total. The first kappa shape index (κ1) is 27.2. The Labute approximate surface area is 213 Å². The summed E-state index contributed by atoms with van der Waals surface area (Å²) >= 11 is 0. The molecule has 0 unspecified atom stereocenters. The maximum Gasteiger partial charge on any atom is 0.255 e. The number of hydrogen-bond acceptors (Lipinski definition) is 5. The minimum atomic E-state index is -0.499. The van der Waals surface area contributed by atoms with E-state index >= 15 is 0 Å². The van der Waals surface area contributed by atoms with Gasteiger partial charge in [0.25, 0.3) is 5.91 Å². The molecule has 2 aliphatic rings. The van der Waals surface area contributed by atoms with E-state index in [4.69, 9.17) is 10.5 Å². The van der Waals surface area contributed by atoms with Gasteiger partial charge in [-0.3, -0.25) is 19.5 Å². The first-order valence-electron chi connectivity index (χ1n) is 11.5. The number of amides is 2. The first-order chi connectivity index (χ1) is 15.5. The number of carbonyl (C=O) groups excluding carboxylic acids is 2. The van der Waals surface area contributed by atoms with E-state index in [9.17, 15) is 9.59 Å². The lowest BCUT2D eigenvalue weighted by Gasteiger charge is -2.37. The molecule has 0 aliphatic carbocycles. The minimum absolute atomic E-state index is 0. The van der Waals surface area contributed by atoms with Gasteiger partial charge in [0.1, 0.15) is 5.75 Å². The van der Waals surface area contributed by atoms with Crippen molar-refractivity contribution in [1.29, 1.82) is 0 Å². The van der Waals surface area contributed by atoms with E-state index in [1.54, 1.807) is 13.1 Å². The Morgan fingerprint density at radius 3 is 2.36 bits per heavy atom. The lowest BCUT2D eigenvalue weighted by molar-refractivity contribution is -0.132. The zero-order chi connectivity index (χ0) is 22.8. The molecule has 0 atom stereocenters. The van der Waals surface area contributed by atoms with Crippen LogP contribution in [-0.2, 0) is 16.1 Å². The molecule has 0 bridgehead atoms. The summed E-state index contributed by atoms with van der Waals surface area (Å²) in [4.78, 5) is 34.5. The van der Waals surface area contributed by atoms with Crippen LogP contribution in [0.15, 0.2) is 29.3 Å². The molecule has 1 aromatic rings. The van der Waals surface area contributed by atoms with Crippen molar-refractivity contribution in [3.8, 4) is 5.75 Å². The molecule has 1 aromatic carbocycles. The second-order valence-electron chi connectivity index (χ2n) is 8.36. The Bertz CT molecular complexity index is 790. The molecule has 10 heteroatoms. The molecule has 2 aliphatic heterocycles. The molecule has 2 heterocycles. The molecule has 2 fully saturated rings. The molecule has 0 spiro atoms. The van der Waals surface area contributed by atoms with Gasteiger partial charge in [0, 0.05) is 52.9 Å². The predicted molar refractivity (Wildman–Crippen MR) is 140 cm³/mol. The Kier molecular flexibility index (Phi) is 11.7. The summed E-state index contributed by atoms with van der Waals surface area (Å²) in [7, 11) is 1.78. The Morgan fingerprint density at radius 1 is 1.03 bits per heavy atom. The third-order valence-electron chi connectivity index (χ3n) is 5.93. The fourth-order valence-electron chi connectivity index (χ4n) is 4.14. The van der Waals surface area contributed by atoms with Gasteiger partial charge >= 0.3 is 0 Å². The number of nitrogens with one attached hydrogen (secondary N) is 1. The van der Waals surface area contributed by atoms with Crippen molar-refractivity contribution in [2.75, 3.05) is 59.5 Å². The highest BCUT2D eigenvalue weighted by molar-refractivity contribution is 14.0. The van der Waals surface area contributed by atoms with Gasteiger partial charge in [-0.2, -0.15) is 0 Å². The van der Waals surface area contributed by atoms with Crippen molar-refractivity contribution >= 4 is 41.8 Å². The number of carbonyl (C=O) groups is 2. The second-order valence-corrected chi connectivity index (χ2v) is 8.36. The lowest BCUT2D eigenvalue weighted by atomic mass is 10.2. The second kappa shape index (κ2) is 14.2. The van der Waals surface area contributed by atoms with Crippen molar-refractivity contribution in [3.05, 3.63) is 29.8 Å². The number of nitrogens with zero attached hydrogens (tertiary/aromatic N) is 4. The average Bonchev–Trinajstić information content (AvgIpc) is 3.09. The van der Waals surface area contributed by atoms with Crippen LogP contribution in [0.5, 0.6) is 5.75 Å². The summed E-state index contributed by atoms with van der Waals surface area (Å²) in [6, 6.07) is 7.56. The van der Waals surface area contributed by atoms with E-state index in [0.29, 0.717) is 18.8 Å². The number of halogens is 1. The number of rotatable bonds is 7. The molecule has 3 rings (SSSR count). The van der Waals surface area contributed by atoms with Crippen molar-refractivity contribution in [2.24, 2.45) is 10.7 Å².